The second-order valence-corrected chi connectivity index (χ2v) is 4.67. The van der Waals surface area contributed by atoms with Crippen molar-refractivity contribution in [1.29, 1.82) is 0 Å². The first kappa shape index (κ1) is 11.6. The van der Waals surface area contributed by atoms with Gasteiger partial charge in [0.05, 0.1) is 5.54 Å². The van der Waals surface area contributed by atoms with Crippen LogP contribution in [0.4, 0.5) is 13.2 Å². The normalized spacial score (nSPS) is 12.6. The SMILES string of the molecule is CC(C)(C)n1nc(C(F)F)c(Br)c1F. The molecule has 1 aromatic heterocycles. The van der Waals surface area contributed by atoms with Crippen LogP contribution in [-0.4, -0.2) is 9.78 Å². The summed E-state index contributed by atoms with van der Waals surface area (Å²) in [6.07, 6.45) is -2.78. The fourth-order valence-corrected chi connectivity index (χ4v) is 1.40. The molecule has 1 rings (SSSR count). The summed E-state index contributed by atoms with van der Waals surface area (Å²) in [5.41, 5.74) is -1.21. The zero-order chi connectivity index (χ0) is 11.1. The van der Waals surface area contributed by atoms with Gasteiger partial charge in [0.15, 0.2) is 0 Å². The number of rotatable bonds is 1. The van der Waals surface area contributed by atoms with E-state index in [9.17, 15) is 13.2 Å². The highest BCUT2D eigenvalue weighted by atomic mass is 79.9. The highest BCUT2D eigenvalue weighted by molar-refractivity contribution is 9.10. The van der Waals surface area contributed by atoms with E-state index in [0.29, 0.717) is 0 Å². The highest BCUT2D eigenvalue weighted by Crippen LogP contribution is 2.31. The van der Waals surface area contributed by atoms with E-state index in [1.807, 2.05) is 0 Å². The Morgan fingerprint density at radius 3 is 2.07 bits per heavy atom. The third-order valence-corrected chi connectivity index (χ3v) is 2.38. The summed E-state index contributed by atoms with van der Waals surface area (Å²) in [6.45, 7) is 5.06. The van der Waals surface area contributed by atoms with Gasteiger partial charge in [0, 0.05) is 0 Å². The van der Waals surface area contributed by atoms with E-state index >= 15 is 0 Å². The van der Waals surface area contributed by atoms with Gasteiger partial charge < -0.3 is 0 Å². The first-order valence-corrected chi connectivity index (χ1v) is 4.77. The monoisotopic (exact) mass is 270 g/mol. The third-order valence-electron chi connectivity index (χ3n) is 1.64. The van der Waals surface area contributed by atoms with Crippen molar-refractivity contribution < 1.29 is 13.2 Å². The smallest absolute Gasteiger partial charge is 0.233 e. The van der Waals surface area contributed by atoms with E-state index in [4.69, 9.17) is 0 Å². The maximum Gasteiger partial charge on any atom is 0.283 e. The molecule has 0 atom stereocenters. The molecule has 1 aromatic rings. The van der Waals surface area contributed by atoms with E-state index in [2.05, 4.69) is 21.0 Å². The van der Waals surface area contributed by atoms with Crippen LogP contribution in [0.1, 0.15) is 32.9 Å². The molecule has 0 N–H and O–H groups in total. The molecule has 1 heterocycles. The molecule has 14 heavy (non-hydrogen) atoms. The van der Waals surface area contributed by atoms with Crippen molar-refractivity contribution in [3.05, 3.63) is 16.1 Å². The maximum absolute atomic E-state index is 13.4. The van der Waals surface area contributed by atoms with Crippen LogP contribution in [0.2, 0.25) is 0 Å². The Labute approximate surface area is 88.2 Å². The molecular weight excluding hydrogens is 261 g/mol. The molecule has 0 spiro atoms. The Morgan fingerprint density at radius 2 is 1.86 bits per heavy atom. The van der Waals surface area contributed by atoms with Crippen molar-refractivity contribution in [1.82, 2.24) is 9.78 Å². The Morgan fingerprint density at radius 1 is 1.36 bits per heavy atom. The Kier molecular flexibility index (Phi) is 2.94. The van der Waals surface area contributed by atoms with Gasteiger partial charge >= 0.3 is 0 Å². The summed E-state index contributed by atoms with van der Waals surface area (Å²) in [5.74, 6) is -0.771. The van der Waals surface area contributed by atoms with Gasteiger partial charge in [-0.3, -0.25) is 0 Å². The molecule has 0 unspecified atom stereocenters. The third kappa shape index (κ3) is 1.94. The molecule has 2 nitrogen and oxygen atoms in total. The fraction of sp³-hybridized carbons (Fsp3) is 0.625. The molecule has 0 bridgehead atoms. The molecule has 0 saturated heterocycles. The minimum atomic E-state index is -2.78. The summed E-state index contributed by atoms with van der Waals surface area (Å²) in [7, 11) is 0. The molecule has 0 aliphatic rings. The molecule has 0 saturated carbocycles. The average molecular weight is 271 g/mol. The van der Waals surface area contributed by atoms with Crippen LogP contribution in [0.15, 0.2) is 4.47 Å². The number of halogens is 4. The van der Waals surface area contributed by atoms with E-state index in [1.165, 1.54) is 0 Å². The maximum atomic E-state index is 13.4. The number of aromatic nitrogens is 2. The predicted molar refractivity (Wildman–Crippen MR) is 49.8 cm³/mol. The number of alkyl halides is 2. The van der Waals surface area contributed by atoms with Gasteiger partial charge in [-0.15, -0.1) is 0 Å². The second-order valence-electron chi connectivity index (χ2n) is 3.87. The summed E-state index contributed by atoms with van der Waals surface area (Å²) in [6, 6.07) is 0. The predicted octanol–water partition coefficient (Wildman–Crippen LogP) is 3.48. The van der Waals surface area contributed by atoms with Crippen molar-refractivity contribution in [2.75, 3.05) is 0 Å². The zero-order valence-electron chi connectivity index (χ0n) is 7.98. The van der Waals surface area contributed by atoms with Gasteiger partial charge in [0.25, 0.3) is 6.43 Å². The second kappa shape index (κ2) is 3.56. The first-order valence-electron chi connectivity index (χ1n) is 3.97. The highest BCUT2D eigenvalue weighted by Gasteiger charge is 2.27. The van der Waals surface area contributed by atoms with Gasteiger partial charge in [-0.05, 0) is 36.7 Å². The van der Waals surface area contributed by atoms with Crippen LogP contribution in [0.25, 0.3) is 0 Å². The van der Waals surface area contributed by atoms with Crippen LogP contribution < -0.4 is 0 Å². The number of nitrogens with zero attached hydrogens (tertiary/aromatic N) is 2. The van der Waals surface area contributed by atoms with Crippen molar-refractivity contribution in [3.8, 4) is 0 Å². The quantitative estimate of drug-likeness (QED) is 0.764. The summed E-state index contributed by atoms with van der Waals surface area (Å²) >= 11 is 2.76. The molecule has 0 aromatic carbocycles. The van der Waals surface area contributed by atoms with Crippen molar-refractivity contribution in [3.63, 3.8) is 0 Å². The lowest BCUT2D eigenvalue weighted by Crippen LogP contribution is -2.25. The Hall–Kier alpha value is -0.520. The average Bonchev–Trinajstić information content (AvgIpc) is 2.28. The largest absolute Gasteiger partial charge is 0.283 e. The van der Waals surface area contributed by atoms with E-state index in [-0.39, 0.29) is 4.47 Å². The van der Waals surface area contributed by atoms with Crippen LogP contribution in [-0.2, 0) is 5.54 Å². The molecule has 0 aliphatic carbocycles. The molecule has 80 valence electrons. The van der Waals surface area contributed by atoms with Gasteiger partial charge in [0.1, 0.15) is 10.2 Å². The lowest BCUT2D eigenvalue weighted by Gasteiger charge is -2.19. The molecule has 0 amide bonds. The minimum absolute atomic E-state index is 0.262. The summed E-state index contributed by atoms with van der Waals surface area (Å²) < 4.78 is 38.8. The zero-order valence-corrected chi connectivity index (χ0v) is 9.57. The molecular formula is C8H10BrF3N2. The fourth-order valence-electron chi connectivity index (χ4n) is 0.978. The first-order chi connectivity index (χ1) is 6.25. The molecule has 0 radical (unpaired) electrons. The topological polar surface area (TPSA) is 17.8 Å². The van der Waals surface area contributed by atoms with E-state index < -0.39 is 23.6 Å². The van der Waals surface area contributed by atoms with Crippen LogP contribution in [0, 0.1) is 5.95 Å². The van der Waals surface area contributed by atoms with Gasteiger partial charge in [-0.25, -0.2) is 13.5 Å². The van der Waals surface area contributed by atoms with Crippen LogP contribution in [0.3, 0.4) is 0 Å². The van der Waals surface area contributed by atoms with Crippen molar-refractivity contribution in [2.24, 2.45) is 0 Å². The van der Waals surface area contributed by atoms with Gasteiger partial charge in [-0.1, -0.05) is 0 Å². The minimum Gasteiger partial charge on any atom is -0.233 e. The Balaban J connectivity index is 3.29. The Bertz CT molecular complexity index is 341. The van der Waals surface area contributed by atoms with Crippen molar-refractivity contribution >= 4 is 15.9 Å². The number of hydrogen-bond acceptors (Lipinski definition) is 1. The summed E-state index contributed by atoms with van der Waals surface area (Å²) in [4.78, 5) is 0. The summed E-state index contributed by atoms with van der Waals surface area (Å²) in [5, 5.41) is 3.52. The van der Waals surface area contributed by atoms with E-state index in [0.717, 1.165) is 4.68 Å². The molecule has 0 aliphatic heterocycles. The van der Waals surface area contributed by atoms with Crippen LogP contribution in [0.5, 0.6) is 0 Å². The molecule has 0 fully saturated rings. The van der Waals surface area contributed by atoms with Crippen molar-refractivity contribution in [2.45, 2.75) is 32.7 Å². The van der Waals surface area contributed by atoms with Crippen LogP contribution >= 0.6 is 15.9 Å². The van der Waals surface area contributed by atoms with E-state index in [1.54, 1.807) is 20.8 Å². The lowest BCUT2D eigenvalue weighted by molar-refractivity contribution is 0.142. The lowest BCUT2D eigenvalue weighted by atomic mass is 10.1. The molecule has 6 heteroatoms. The number of hydrogen-bond donors (Lipinski definition) is 0. The van der Waals surface area contributed by atoms with Gasteiger partial charge in [-0.2, -0.15) is 9.49 Å². The van der Waals surface area contributed by atoms with Gasteiger partial charge in [0.2, 0.25) is 5.95 Å². The standard InChI is InChI=1S/C8H10BrF3N2/c1-8(2,3)14-7(12)4(9)5(13-14)6(10)11/h6H,1-3H3.